The van der Waals surface area contributed by atoms with Crippen LogP contribution in [0.25, 0.3) is 11.1 Å². The van der Waals surface area contributed by atoms with Crippen LogP contribution in [0.15, 0.2) is 151 Å². The summed E-state index contributed by atoms with van der Waals surface area (Å²) >= 11 is 0. The van der Waals surface area contributed by atoms with E-state index in [1.807, 2.05) is 91.0 Å². The van der Waals surface area contributed by atoms with Crippen molar-refractivity contribution in [1.29, 1.82) is 0 Å². The quantitative estimate of drug-likeness (QED) is 0.0415. The minimum absolute atomic E-state index is 0.0221. The van der Waals surface area contributed by atoms with E-state index < -0.39 is 23.8 Å². The molecule has 1 amide bonds. The smallest absolute Gasteiger partial charge is 0.410 e. The van der Waals surface area contributed by atoms with Crippen LogP contribution in [0.1, 0.15) is 74.5 Å². The standard InChI is InChI=1S/C57H62N2O10/c1-3-31-66-57-53(59(56(62)63-4-2)36-40-21-27-51-52(32-40)65-38-64-51)35-49(58-67-37-39-15-7-5-8-16-39)47-33-43(19-11-13-29-60)46(20-12-14-30-61)54(55(47)57)48-34-45(26-28-50(48)69-57)68-44-24-22-42(23-25-44)41-17-9-6-10-18-41/h3,5-10,15-18,21-28,32-34,43,46,53-55,60-61H,1,4,11-14,19-20,29-31,35-38H2,2H3/t43-,46+,53-,54+,55+,57+/m0/s1. The van der Waals surface area contributed by atoms with Gasteiger partial charge in [-0.25, -0.2) is 4.79 Å². The maximum absolute atomic E-state index is 14.7. The van der Waals surface area contributed by atoms with Crippen LogP contribution >= 0.6 is 0 Å². The van der Waals surface area contributed by atoms with E-state index in [0.29, 0.717) is 47.3 Å². The number of oxime groups is 1. The normalized spacial score (nSPS) is 22.4. The Morgan fingerprint density at radius 3 is 2.28 bits per heavy atom. The lowest BCUT2D eigenvalue weighted by atomic mass is 9.55. The number of aliphatic hydroxyl groups excluding tert-OH is 2. The molecule has 0 unspecified atom stereocenters. The van der Waals surface area contributed by atoms with Crippen molar-refractivity contribution in [2.45, 2.75) is 82.8 Å². The van der Waals surface area contributed by atoms with Crippen LogP contribution in [0.3, 0.4) is 0 Å². The van der Waals surface area contributed by atoms with Crippen molar-refractivity contribution < 1.29 is 48.3 Å². The zero-order valence-electron chi connectivity index (χ0n) is 39.2. The molecule has 6 atom stereocenters. The molecule has 2 aliphatic carbocycles. The van der Waals surface area contributed by atoms with Crippen LogP contribution in [-0.2, 0) is 27.5 Å². The Bertz CT molecular complexity index is 2580. The first kappa shape index (κ1) is 47.5. The fourth-order valence-corrected chi connectivity index (χ4v) is 10.7. The largest absolute Gasteiger partial charge is 0.459 e. The van der Waals surface area contributed by atoms with Gasteiger partial charge in [-0.2, -0.15) is 0 Å². The molecule has 0 radical (unpaired) electrons. The Morgan fingerprint density at radius 2 is 1.52 bits per heavy atom. The van der Waals surface area contributed by atoms with Crippen molar-refractivity contribution in [2.24, 2.45) is 22.9 Å². The highest BCUT2D eigenvalue weighted by Gasteiger charge is 2.65. The highest BCUT2D eigenvalue weighted by molar-refractivity contribution is 6.03. The number of carbonyl (C=O) groups excluding carboxylic acids is 1. The highest BCUT2D eigenvalue weighted by Crippen LogP contribution is 2.62. The molecule has 5 aromatic carbocycles. The molecule has 4 aliphatic rings. The molecule has 12 nitrogen and oxygen atoms in total. The van der Waals surface area contributed by atoms with Crippen LogP contribution in [-0.4, -0.2) is 72.0 Å². The first-order valence-corrected chi connectivity index (χ1v) is 24.3. The Morgan fingerprint density at radius 1 is 0.812 bits per heavy atom. The van der Waals surface area contributed by atoms with E-state index in [1.54, 1.807) is 17.9 Å². The molecule has 1 fully saturated rings. The minimum atomic E-state index is -1.49. The summed E-state index contributed by atoms with van der Waals surface area (Å²) in [5.41, 5.74) is 6.54. The second-order valence-corrected chi connectivity index (χ2v) is 18.0. The average molecular weight is 935 g/mol. The average Bonchev–Trinajstić information content (AvgIpc) is 3.85. The van der Waals surface area contributed by atoms with Gasteiger partial charge in [0.15, 0.2) is 11.5 Å². The number of hydrogen-bond donors (Lipinski definition) is 2. The predicted octanol–water partition coefficient (Wildman–Crippen LogP) is 11.4. The minimum Gasteiger partial charge on any atom is -0.459 e. The number of aliphatic hydroxyl groups is 2. The maximum atomic E-state index is 14.7. The van der Waals surface area contributed by atoms with Crippen LogP contribution in [0.4, 0.5) is 4.79 Å². The molecule has 0 aromatic heterocycles. The van der Waals surface area contributed by atoms with E-state index in [1.165, 1.54) is 0 Å². The van der Waals surface area contributed by atoms with E-state index in [4.69, 9.17) is 38.4 Å². The second kappa shape index (κ2) is 22.2. The number of fused-ring (bicyclic) bond motifs is 3. The zero-order chi connectivity index (χ0) is 47.6. The molecule has 360 valence electrons. The molecule has 2 heterocycles. The topological polar surface area (TPSA) is 138 Å². The van der Waals surface area contributed by atoms with Crippen molar-refractivity contribution in [1.82, 2.24) is 4.90 Å². The SMILES string of the molecule is C=CCO[C@@]12Oc3ccc(Oc4ccc(-c5ccccc5)cc4)cc3[C@H]3[C@H](CCCCO)[C@@H](CCCCO)C=C(C(=NOCc4ccccc4)C[C@@H]1N(Cc1ccc4c(c1)OCO4)C(=O)OCC)[C@H]32. The van der Waals surface area contributed by atoms with Gasteiger partial charge in [0.1, 0.15) is 29.9 Å². The van der Waals surface area contributed by atoms with E-state index >= 15 is 0 Å². The lowest BCUT2D eigenvalue weighted by molar-refractivity contribution is -0.256. The number of allylic oxidation sites excluding steroid dienone is 1. The number of unbranched alkanes of at least 4 members (excludes halogenated alkanes) is 2. The Labute approximate surface area is 404 Å². The Hall–Kier alpha value is -6.60. The van der Waals surface area contributed by atoms with Gasteiger partial charge in [0.05, 0.1) is 24.8 Å². The first-order valence-electron chi connectivity index (χ1n) is 24.3. The van der Waals surface area contributed by atoms with Crippen molar-refractivity contribution in [2.75, 3.05) is 33.2 Å². The maximum Gasteiger partial charge on any atom is 0.410 e. The number of nitrogens with zero attached hydrogens (tertiary/aromatic N) is 2. The third kappa shape index (κ3) is 10.4. The van der Waals surface area contributed by atoms with Gasteiger partial charge in [-0.05, 0) is 115 Å². The van der Waals surface area contributed by atoms with Gasteiger partial charge in [-0.1, -0.05) is 109 Å². The van der Waals surface area contributed by atoms with E-state index in [2.05, 4.69) is 43.0 Å². The lowest BCUT2D eigenvalue weighted by Crippen LogP contribution is -2.70. The van der Waals surface area contributed by atoms with Gasteiger partial charge in [0.25, 0.3) is 0 Å². The molecule has 2 aliphatic heterocycles. The summed E-state index contributed by atoms with van der Waals surface area (Å²) in [6.45, 7) is 6.80. The van der Waals surface area contributed by atoms with Gasteiger partial charge in [-0.3, -0.25) is 4.90 Å². The van der Waals surface area contributed by atoms with Gasteiger partial charge in [-0.15, -0.1) is 6.58 Å². The summed E-state index contributed by atoms with van der Waals surface area (Å²) in [6, 6.07) is 39.1. The molecule has 12 heteroatoms. The van der Waals surface area contributed by atoms with Gasteiger partial charge in [0.2, 0.25) is 12.6 Å². The van der Waals surface area contributed by atoms with Crippen molar-refractivity contribution in [3.05, 3.63) is 162 Å². The summed E-state index contributed by atoms with van der Waals surface area (Å²) in [5, 5.41) is 25.1. The zero-order valence-corrected chi connectivity index (χ0v) is 39.2. The third-order valence-corrected chi connectivity index (χ3v) is 13.8. The number of amides is 1. The second-order valence-electron chi connectivity index (χ2n) is 18.0. The number of benzene rings is 5. The molecule has 5 aromatic rings. The van der Waals surface area contributed by atoms with Crippen LogP contribution in [0.2, 0.25) is 0 Å². The first-order chi connectivity index (χ1) is 33.9. The fourth-order valence-electron chi connectivity index (χ4n) is 10.7. The molecular formula is C57H62N2O10. The third-order valence-electron chi connectivity index (χ3n) is 13.8. The summed E-state index contributed by atoms with van der Waals surface area (Å²) in [6.07, 6.45) is 8.24. The van der Waals surface area contributed by atoms with Crippen LogP contribution in [0.5, 0.6) is 28.7 Å². The lowest BCUT2D eigenvalue weighted by Gasteiger charge is -2.59. The number of carbonyl (C=O) groups is 1. The van der Waals surface area contributed by atoms with Crippen molar-refractivity contribution in [3.8, 4) is 39.9 Å². The van der Waals surface area contributed by atoms with Gasteiger partial charge < -0.3 is 43.5 Å². The molecule has 69 heavy (non-hydrogen) atoms. The summed E-state index contributed by atoms with van der Waals surface area (Å²) < 4.78 is 38.7. The Balaban J connectivity index is 1.21. The Kier molecular flexibility index (Phi) is 15.3. The number of ether oxygens (including phenoxy) is 6. The van der Waals surface area contributed by atoms with Crippen LogP contribution in [0, 0.1) is 17.8 Å². The summed E-state index contributed by atoms with van der Waals surface area (Å²) in [4.78, 5) is 22.7. The summed E-state index contributed by atoms with van der Waals surface area (Å²) in [5.74, 6) is 0.999. The van der Waals surface area contributed by atoms with Gasteiger partial charge in [0, 0.05) is 37.7 Å². The molecule has 0 saturated heterocycles. The number of hydrogen-bond acceptors (Lipinski definition) is 11. The molecular weight excluding hydrogens is 873 g/mol. The van der Waals surface area contributed by atoms with E-state index in [0.717, 1.165) is 59.1 Å². The monoisotopic (exact) mass is 934 g/mol. The molecule has 9 rings (SSSR count). The molecule has 1 saturated carbocycles. The number of rotatable bonds is 21. The molecule has 0 bridgehead atoms. The summed E-state index contributed by atoms with van der Waals surface area (Å²) in [7, 11) is 0. The van der Waals surface area contributed by atoms with Crippen LogP contribution < -0.4 is 18.9 Å². The predicted molar refractivity (Wildman–Crippen MR) is 263 cm³/mol. The van der Waals surface area contributed by atoms with E-state index in [9.17, 15) is 15.0 Å². The van der Waals surface area contributed by atoms with Gasteiger partial charge >= 0.3 is 6.09 Å². The fraction of sp³-hybridized carbons (Fsp3) is 0.368. The van der Waals surface area contributed by atoms with Crippen molar-refractivity contribution >= 4 is 11.8 Å². The molecule has 2 N–H and O–H groups in total. The van der Waals surface area contributed by atoms with Crippen molar-refractivity contribution in [3.63, 3.8) is 0 Å². The van der Waals surface area contributed by atoms with E-state index in [-0.39, 0.29) is 70.5 Å². The molecule has 0 spiro atoms. The highest BCUT2D eigenvalue weighted by atomic mass is 16.7.